The Morgan fingerprint density at radius 2 is 1.85 bits per heavy atom. The van der Waals surface area contributed by atoms with Gasteiger partial charge in [0.25, 0.3) is 5.56 Å². The van der Waals surface area contributed by atoms with Gasteiger partial charge < -0.3 is 18.8 Å². The minimum Gasteiger partial charge on any atom is -0.493 e. The van der Waals surface area contributed by atoms with Crippen LogP contribution in [0.1, 0.15) is 49.1 Å². The van der Waals surface area contributed by atoms with Crippen molar-refractivity contribution in [3.8, 4) is 17.6 Å². The highest BCUT2D eigenvalue weighted by atomic mass is 32.1. The summed E-state index contributed by atoms with van der Waals surface area (Å²) < 4.78 is 21.2. The van der Waals surface area contributed by atoms with E-state index in [9.17, 15) is 14.9 Å². The van der Waals surface area contributed by atoms with Crippen LogP contribution in [0.25, 0.3) is 17.0 Å². The first-order chi connectivity index (χ1) is 22.4. The molecule has 232 valence electrons. The second-order valence-electron chi connectivity index (χ2n) is 10.6. The third-order valence-corrected chi connectivity index (χ3v) is 8.90. The van der Waals surface area contributed by atoms with Gasteiger partial charge in [0.05, 0.1) is 47.8 Å². The lowest BCUT2D eigenvalue weighted by atomic mass is 9.94. The van der Waals surface area contributed by atoms with Crippen molar-refractivity contribution in [2.24, 2.45) is 4.99 Å². The standard InChI is InChI=1S/C36H32N4O5S/c1-5-44-33-27(15-11-17-29(33)43-4)32-31(35(42)45-6-2)22(3)38-36-40(32)34(41)30(46-36)18-25-21-39(28-16-10-9-14-26(25)28)20-24-13-8-7-12-23(24)19-37/h7-18,21,32H,5-6,20H2,1-4H3/b30-18+/t32-/m1/s1. The summed E-state index contributed by atoms with van der Waals surface area (Å²) in [6, 6.07) is 22.4. The number of nitrogens with zero attached hydrogens (tertiary/aromatic N) is 4. The maximum Gasteiger partial charge on any atom is 0.338 e. The van der Waals surface area contributed by atoms with Crippen LogP contribution in [0, 0.1) is 11.3 Å². The Hall–Kier alpha value is -5.40. The van der Waals surface area contributed by atoms with Crippen LogP contribution in [0.2, 0.25) is 0 Å². The molecule has 0 saturated heterocycles. The smallest absolute Gasteiger partial charge is 0.338 e. The number of aromatic nitrogens is 2. The fourth-order valence-electron chi connectivity index (χ4n) is 5.91. The first-order valence-corrected chi connectivity index (χ1v) is 15.8. The summed E-state index contributed by atoms with van der Waals surface area (Å²) in [5.74, 6) is 0.392. The number of hydrogen-bond acceptors (Lipinski definition) is 8. The maximum absolute atomic E-state index is 14.4. The number of fused-ring (bicyclic) bond motifs is 2. The Labute approximate surface area is 269 Å². The van der Waals surface area contributed by atoms with Crippen LogP contribution in [0.5, 0.6) is 11.5 Å². The van der Waals surface area contributed by atoms with Crippen LogP contribution in [0.3, 0.4) is 0 Å². The number of thiazole rings is 1. The highest BCUT2D eigenvalue weighted by Gasteiger charge is 2.36. The van der Waals surface area contributed by atoms with Gasteiger partial charge in [0.2, 0.25) is 0 Å². The molecule has 0 unspecified atom stereocenters. The van der Waals surface area contributed by atoms with Gasteiger partial charge in [0.1, 0.15) is 6.04 Å². The normalized spacial score (nSPS) is 14.5. The summed E-state index contributed by atoms with van der Waals surface area (Å²) in [5.41, 5.74) is 4.39. The Morgan fingerprint density at radius 3 is 2.61 bits per heavy atom. The van der Waals surface area contributed by atoms with Gasteiger partial charge in [-0.2, -0.15) is 5.26 Å². The van der Waals surface area contributed by atoms with Crippen LogP contribution in [0.15, 0.2) is 94.0 Å². The molecule has 2 aromatic heterocycles. The van der Waals surface area contributed by atoms with Gasteiger partial charge in [-0.25, -0.2) is 9.79 Å². The number of rotatable bonds is 9. The molecule has 0 radical (unpaired) electrons. The minimum absolute atomic E-state index is 0.173. The summed E-state index contributed by atoms with van der Waals surface area (Å²) in [5, 5.41) is 10.6. The predicted molar refractivity (Wildman–Crippen MR) is 177 cm³/mol. The van der Waals surface area contributed by atoms with Crippen molar-refractivity contribution < 1.29 is 19.0 Å². The van der Waals surface area contributed by atoms with Gasteiger partial charge in [0, 0.05) is 34.8 Å². The van der Waals surface area contributed by atoms with Crippen molar-refractivity contribution in [2.45, 2.75) is 33.4 Å². The molecule has 6 rings (SSSR count). The minimum atomic E-state index is -0.849. The van der Waals surface area contributed by atoms with E-state index in [4.69, 9.17) is 19.2 Å². The fourth-order valence-corrected chi connectivity index (χ4v) is 6.94. The van der Waals surface area contributed by atoms with Gasteiger partial charge in [-0.1, -0.05) is 59.9 Å². The number of para-hydroxylation sites is 2. The summed E-state index contributed by atoms with van der Waals surface area (Å²) in [6.07, 6.45) is 3.87. The molecule has 1 aliphatic rings. The quantitative estimate of drug-likeness (QED) is 0.210. The largest absolute Gasteiger partial charge is 0.493 e. The molecule has 10 heteroatoms. The number of carbonyl (C=O) groups excluding carboxylic acids is 1. The zero-order chi connectivity index (χ0) is 32.4. The number of nitriles is 1. The molecule has 0 amide bonds. The van der Waals surface area contributed by atoms with E-state index in [0.717, 1.165) is 22.0 Å². The Balaban J connectivity index is 1.55. The SMILES string of the molecule is CCOC(=O)C1=C(C)N=c2s/c(=C/c3cn(Cc4ccccc4C#N)c4ccccc34)c(=O)n2[C@@H]1c1cccc(OC)c1OCC. The van der Waals surface area contributed by atoms with Gasteiger partial charge >= 0.3 is 5.97 Å². The molecule has 0 N–H and O–H groups in total. The summed E-state index contributed by atoms with van der Waals surface area (Å²) in [4.78, 5) is 33.0. The van der Waals surface area contributed by atoms with Crippen LogP contribution in [0.4, 0.5) is 0 Å². The molecule has 3 aromatic carbocycles. The second-order valence-corrected chi connectivity index (χ2v) is 11.6. The topological polar surface area (TPSA) is 108 Å². The number of esters is 1. The van der Waals surface area contributed by atoms with Gasteiger partial charge in [-0.05, 0) is 50.6 Å². The zero-order valence-corrected chi connectivity index (χ0v) is 26.8. The number of methoxy groups -OCH3 is 1. The molecular weight excluding hydrogens is 600 g/mol. The zero-order valence-electron chi connectivity index (χ0n) is 25.9. The van der Waals surface area contributed by atoms with Crippen molar-refractivity contribution >= 4 is 34.3 Å². The monoisotopic (exact) mass is 632 g/mol. The third kappa shape index (κ3) is 5.39. The molecule has 1 aliphatic heterocycles. The van der Waals surface area contributed by atoms with E-state index in [1.165, 1.54) is 11.3 Å². The molecule has 3 heterocycles. The highest BCUT2D eigenvalue weighted by Crippen LogP contribution is 2.40. The fraction of sp³-hybridized carbons (Fsp3) is 0.222. The molecule has 5 aromatic rings. The number of ether oxygens (including phenoxy) is 3. The lowest BCUT2D eigenvalue weighted by Crippen LogP contribution is -2.40. The average molecular weight is 633 g/mol. The van der Waals surface area contributed by atoms with Crippen LogP contribution in [-0.4, -0.2) is 35.4 Å². The molecule has 1 atom stereocenters. The number of allylic oxidation sites excluding steroid dienone is 1. The molecule has 9 nitrogen and oxygen atoms in total. The van der Waals surface area contributed by atoms with Crippen molar-refractivity contribution in [3.63, 3.8) is 0 Å². The van der Waals surface area contributed by atoms with E-state index in [2.05, 4.69) is 10.6 Å². The Morgan fingerprint density at radius 1 is 1.07 bits per heavy atom. The highest BCUT2D eigenvalue weighted by molar-refractivity contribution is 7.07. The molecule has 0 aliphatic carbocycles. The summed E-state index contributed by atoms with van der Waals surface area (Å²) >= 11 is 1.26. The van der Waals surface area contributed by atoms with E-state index >= 15 is 0 Å². The van der Waals surface area contributed by atoms with Gasteiger partial charge in [-0.15, -0.1) is 0 Å². The number of hydrogen-bond donors (Lipinski definition) is 0. The van der Waals surface area contributed by atoms with E-state index in [1.807, 2.05) is 79.9 Å². The first-order valence-electron chi connectivity index (χ1n) is 14.9. The van der Waals surface area contributed by atoms with Crippen molar-refractivity contribution in [1.82, 2.24) is 9.13 Å². The van der Waals surface area contributed by atoms with E-state index in [1.54, 1.807) is 31.6 Å². The van der Waals surface area contributed by atoms with E-state index < -0.39 is 12.0 Å². The molecule has 0 fully saturated rings. The van der Waals surface area contributed by atoms with Crippen LogP contribution < -0.4 is 24.4 Å². The molecular formula is C36H32N4O5S. The molecule has 0 bridgehead atoms. The van der Waals surface area contributed by atoms with Gasteiger partial charge in [0.15, 0.2) is 16.3 Å². The lowest BCUT2D eigenvalue weighted by molar-refractivity contribution is -0.139. The van der Waals surface area contributed by atoms with Crippen molar-refractivity contribution in [3.05, 3.63) is 126 Å². The van der Waals surface area contributed by atoms with E-state index in [0.29, 0.717) is 50.8 Å². The molecule has 0 spiro atoms. The van der Waals surface area contributed by atoms with E-state index in [-0.39, 0.29) is 17.7 Å². The first kappa shape index (κ1) is 30.6. The predicted octanol–water partition coefficient (Wildman–Crippen LogP) is 5.08. The number of carbonyl (C=O) groups is 1. The molecule has 0 saturated carbocycles. The number of benzene rings is 3. The van der Waals surface area contributed by atoms with Crippen LogP contribution >= 0.6 is 11.3 Å². The van der Waals surface area contributed by atoms with Gasteiger partial charge in [-0.3, -0.25) is 9.36 Å². The second kappa shape index (κ2) is 12.9. The van der Waals surface area contributed by atoms with Crippen molar-refractivity contribution in [2.75, 3.05) is 20.3 Å². The summed E-state index contributed by atoms with van der Waals surface area (Å²) in [6.45, 7) is 6.39. The third-order valence-electron chi connectivity index (χ3n) is 7.91. The maximum atomic E-state index is 14.4. The Bertz CT molecular complexity index is 2230. The average Bonchev–Trinajstić information content (AvgIpc) is 3.56. The van der Waals surface area contributed by atoms with Crippen molar-refractivity contribution in [1.29, 1.82) is 5.26 Å². The Kier molecular flexibility index (Phi) is 8.59. The van der Waals surface area contributed by atoms with Crippen LogP contribution in [-0.2, 0) is 16.1 Å². The lowest BCUT2D eigenvalue weighted by Gasteiger charge is -2.26. The molecule has 46 heavy (non-hydrogen) atoms. The summed E-state index contributed by atoms with van der Waals surface area (Å²) in [7, 11) is 1.55.